The molecule has 0 aliphatic heterocycles. The van der Waals surface area contributed by atoms with E-state index >= 15 is 0 Å². The minimum Gasteiger partial charge on any atom is -0.484 e. The lowest BCUT2D eigenvalue weighted by Crippen LogP contribution is -2.25. The number of hydrogen-bond acceptors (Lipinski definition) is 5. The summed E-state index contributed by atoms with van der Waals surface area (Å²) < 4.78 is 10.7. The number of carbonyl (C=O) groups is 1. The largest absolute Gasteiger partial charge is 0.484 e. The number of ether oxygens (including phenoxy) is 1. The van der Waals surface area contributed by atoms with Crippen LogP contribution in [0.4, 0.5) is 0 Å². The van der Waals surface area contributed by atoms with Crippen molar-refractivity contribution in [2.24, 2.45) is 0 Å². The number of nitrogens with zero attached hydrogens (tertiary/aromatic N) is 2. The summed E-state index contributed by atoms with van der Waals surface area (Å²) in [6.07, 6.45) is 2.16. The van der Waals surface area contributed by atoms with Crippen LogP contribution in [0.2, 0.25) is 0 Å². The zero-order chi connectivity index (χ0) is 15.5. The highest BCUT2D eigenvalue weighted by Crippen LogP contribution is 2.20. The molecule has 3 rings (SSSR count). The Morgan fingerprint density at radius 3 is 2.68 bits per heavy atom. The average molecular weight is 301 g/mol. The molecule has 116 valence electrons. The molecule has 0 saturated heterocycles. The van der Waals surface area contributed by atoms with Crippen LogP contribution in [0.25, 0.3) is 0 Å². The van der Waals surface area contributed by atoms with Gasteiger partial charge in [-0.25, -0.2) is 0 Å². The van der Waals surface area contributed by atoms with Crippen LogP contribution in [-0.4, -0.2) is 22.1 Å². The normalized spacial score (nSPS) is 14.1. The summed E-state index contributed by atoms with van der Waals surface area (Å²) in [6.45, 7) is 4.22. The van der Waals surface area contributed by atoms with Crippen LogP contribution in [0.5, 0.6) is 5.75 Å². The third-order valence-electron chi connectivity index (χ3n) is 3.39. The quantitative estimate of drug-likeness (QED) is 0.887. The topological polar surface area (TPSA) is 77.2 Å². The lowest BCUT2D eigenvalue weighted by Gasteiger charge is -2.05. The summed E-state index contributed by atoms with van der Waals surface area (Å²) in [5.74, 6) is 1.96. The second-order valence-electron chi connectivity index (χ2n) is 5.76. The molecule has 1 aliphatic rings. The highest BCUT2D eigenvalue weighted by atomic mass is 16.5. The van der Waals surface area contributed by atoms with Crippen molar-refractivity contribution in [2.75, 3.05) is 0 Å². The molecule has 1 saturated carbocycles. The molecule has 1 fully saturated rings. The van der Waals surface area contributed by atoms with E-state index in [0.717, 1.165) is 12.8 Å². The van der Waals surface area contributed by atoms with Gasteiger partial charge in [0.05, 0.1) is 0 Å². The lowest BCUT2D eigenvalue weighted by atomic mass is 10.2. The van der Waals surface area contributed by atoms with Crippen molar-refractivity contribution < 1.29 is 14.1 Å². The van der Waals surface area contributed by atoms with Gasteiger partial charge < -0.3 is 14.6 Å². The van der Waals surface area contributed by atoms with Crippen molar-refractivity contribution in [3.63, 3.8) is 0 Å². The molecular weight excluding hydrogens is 282 g/mol. The predicted octanol–water partition coefficient (Wildman–Crippen LogP) is 2.66. The molecule has 0 spiro atoms. The van der Waals surface area contributed by atoms with E-state index in [2.05, 4.69) is 15.5 Å². The van der Waals surface area contributed by atoms with Gasteiger partial charge in [0.15, 0.2) is 12.4 Å². The van der Waals surface area contributed by atoms with Gasteiger partial charge in [-0.2, -0.15) is 4.98 Å². The summed E-state index contributed by atoms with van der Waals surface area (Å²) >= 11 is 0. The summed E-state index contributed by atoms with van der Waals surface area (Å²) in [4.78, 5) is 16.1. The summed E-state index contributed by atoms with van der Waals surface area (Å²) in [6, 6.07) is 7.39. The second-order valence-corrected chi connectivity index (χ2v) is 5.76. The SMILES string of the molecule is CC(C)c1noc(COc2ccc(C(=O)NC3CC3)cc2)n1. The summed E-state index contributed by atoms with van der Waals surface area (Å²) in [5, 5.41) is 6.83. The molecule has 0 unspecified atom stereocenters. The molecule has 2 aromatic rings. The van der Waals surface area contributed by atoms with Crippen molar-refractivity contribution in [2.45, 2.75) is 45.3 Å². The predicted molar refractivity (Wildman–Crippen MR) is 79.6 cm³/mol. The third kappa shape index (κ3) is 3.63. The molecule has 6 nitrogen and oxygen atoms in total. The van der Waals surface area contributed by atoms with Gasteiger partial charge in [-0.05, 0) is 37.1 Å². The van der Waals surface area contributed by atoms with Crippen LogP contribution in [-0.2, 0) is 6.61 Å². The fourth-order valence-electron chi connectivity index (χ4n) is 1.91. The van der Waals surface area contributed by atoms with E-state index in [0.29, 0.717) is 29.1 Å². The first-order valence-electron chi connectivity index (χ1n) is 7.48. The Bertz CT molecular complexity index is 645. The van der Waals surface area contributed by atoms with E-state index in [9.17, 15) is 4.79 Å². The maximum Gasteiger partial charge on any atom is 0.264 e. The van der Waals surface area contributed by atoms with Crippen molar-refractivity contribution in [3.8, 4) is 5.75 Å². The smallest absolute Gasteiger partial charge is 0.264 e. The van der Waals surface area contributed by atoms with Gasteiger partial charge in [0.25, 0.3) is 11.8 Å². The standard InChI is InChI=1S/C16H19N3O3/c1-10(2)15-18-14(22-19-15)9-21-13-7-3-11(4-8-13)16(20)17-12-5-6-12/h3-4,7-8,10,12H,5-6,9H2,1-2H3,(H,17,20). The average Bonchev–Trinajstić information content (AvgIpc) is 3.19. The minimum absolute atomic E-state index is 0.0347. The molecule has 0 radical (unpaired) electrons. The molecule has 1 aliphatic carbocycles. The highest BCUT2D eigenvalue weighted by molar-refractivity contribution is 5.94. The number of carbonyl (C=O) groups excluding carboxylic acids is 1. The van der Waals surface area contributed by atoms with E-state index in [1.165, 1.54) is 0 Å². The van der Waals surface area contributed by atoms with E-state index in [4.69, 9.17) is 9.26 Å². The molecule has 6 heteroatoms. The van der Waals surface area contributed by atoms with E-state index in [-0.39, 0.29) is 18.4 Å². The molecule has 1 aromatic heterocycles. The monoisotopic (exact) mass is 301 g/mol. The summed E-state index contributed by atoms with van der Waals surface area (Å²) in [5.41, 5.74) is 0.638. The van der Waals surface area contributed by atoms with Gasteiger partial charge in [-0.1, -0.05) is 19.0 Å². The Hall–Kier alpha value is -2.37. The molecular formula is C16H19N3O3. The van der Waals surface area contributed by atoms with E-state index in [1.54, 1.807) is 24.3 Å². The number of hydrogen-bond donors (Lipinski definition) is 1. The second kappa shape index (κ2) is 6.17. The summed E-state index contributed by atoms with van der Waals surface area (Å²) in [7, 11) is 0. The van der Waals surface area contributed by atoms with Crippen LogP contribution in [0, 0.1) is 0 Å². The van der Waals surface area contributed by atoms with Gasteiger partial charge in [0.2, 0.25) is 0 Å². The maximum absolute atomic E-state index is 11.9. The Morgan fingerprint density at radius 1 is 1.36 bits per heavy atom. The molecule has 1 heterocycles. The molecule has 22 heavy (non-hydrogen) atoms. The molecule has 1 aromatic carbocycles. The zero-order valence-corrected chi connectivity index (χ0v) is 12.7. The van der Waals surface area contributed by atoms with E-state index < -0.39 is 0 Å². The van der Waals surface area contributed by atoms with Crippen LogP contribution >= 0.6 is 0 Å². The van der Waals surface area contributed by atoms with Crippen molar-refractivity contribution >= 4 is 5.91 Å². The first-order chi connectivity index (χ1) is 10.6. The van der Waals surface area contributed by atoms with Crippen molar-refractivity contribution in [1.82, 2.24) is 15.5 Å². The van der Waals surface area contributed by atoms with Gasteiger partial charge >= 0.3 is 0 Å². The molecule has 0 bridgehead atoms. The van der Waals surface area contributed by atoms with Crippen LogP contribution in [0.1, 0.15) is 54.7 Å². The van der Waals surface area contributed by atoms with E-state index in [1.807, 2.05) is 13.8 Å². The molecule has 1 N–H and O–H groups in total. The first kappa shape index (κ1) is 14.6. The number of aromatic nitrogens is 2. The number of rotatable bonds is 6. The minimum atomic E-state index is -0.0347. The number of nitrogens with one attached hydrogen (secondary N) is 1. The van der Waals surface area contributed by atoms with Gasteiger partial charge in [0.1, 0.15) is 5.75 Å². The number of amides is 1. The maximum atomic E-state index is 11.9. The lowest BCUT2D eigenvalue weighted by molar-refractivity contribution is 0.0951. The van der Waals surface area contributed by atoms with Gasteiger partial charge in [-0.15, -0.1) is 0 Å². The number of benzene rings is 1. The van der Waals surface area contributed by atoms with Gasteiger partial charge in [-0.3, -0.25) is 4.79 Å². The first-order valence-corrected chi connectivity index (χ1v) is 7.48. The fraction of sp³-hybridized carbons (Fsp3) is 0.438. The Balaban J connectivity index is 1.54. The van der Waals surface area contributed by atoms with Crippen molar-refractivity contribution in [3.05, 3.63) is 41.5 Å². The van der Waals surface area contributed by atoms with Gasteiger partial charge in [0, 0.05) is 17.5 Å². The third-order valence-corrected chi connectivity index (χ3v) is 3.39. The van der Waals surface area contributed by atoms with Crippen LogP contribution < -0.4 is 10.1 Å². The van der Waals surface area contributed by atoms with Crippen LogP contribution in [0.15, 0.2) is 28.8 Å². The van der Waals surface area contributed by atoms with Crippen molar-refractivity contribution in [1.29, 1.82) is 0 Å². The Morgan fingerprint density at radius 2 is 2.09 bits per heavy atom. The Kier molecular flexibility index (Phi) is 4.09. The molecule has 1 amide bonds. The van der Waals surface area contributed by atoms with Crippen LogP contribution in [0.3, 0.4) is 0 Å². The Labute approximate surface area is 128 Å². The zero-order valence-electron chi connectivity index (χ0n) is 12.7. The fourth-order valence-corrected chi connectivity index (χ4v) is 1.91. The highest BCUT2D eigenvalue weighted by Gasteiger charge is 2.23. The molecule has 0 atom stereocenters.